The number of aromatic amines is 1. The molecule has 0 saturated heterocycles. The van der Waals surface area contributed by atoms with Crippen LogP contribution >= 0.6 is 11.6 Å². The van der Waals surface area contributed by atoms with Crippen molar-refractivity contribution in [2.75, 3.05) is 6.54 Å². The minimum atomic E-state index is -0.531. The fraction of sp³-hybridized carbons (Fsp3) is 0.375. The van der Waals surface area contributed by atoms with Crippen molar-refractivity contribution in [3.63, 3.8) is 0 Å². The molecular weight excluding hydrogens is 581 g/mol. The van der Waals surface area contributed by atoms with Crippen molar-refractivity contribution in [3.8, 4) is 23.0 Å². The lowest BCUT2D eigenvalue weighted by atomic mass is 10.0. The summed E-state index contributed by atoms with van der Waals surface area (Å²) >= 11 is 6.24. The third-order valence-corrected chi connectivity index (χ3v) is 7.81. The van der Waals surface area contributed by atoms with Crippen molar-refractivity contribution in [2.24, 2.45) is 22.2 Å². The van der Waals surface area contributed by atoms with Gasteiger partial charge >= 0.3 is 5.69 Å². The van der Waals surface area contributed by atoms with E-state index in [-0.39, 0.29) is 29.1 Å². The van der Waals surface area contributed by atoms with E-state index in [0.717, 1.165) is 30.4 Å². The fourth-order valence-corrected chi connectivity index (χ4v) is 5.40. The molecule has 3 atom stereocenters. The summed E-state index contributed by atoms with van der Waals surface area (Å²) in [5.74, 6) is -0.512. The Morgan fingerprint density at radius 1 is 1.18 bits per heavy atom. The number of H-pyrrole nitrogens is 1. The Morgan fingerprint density at radius 2 is 1.93 bits per heavy atom. The number of benzene rings is 2. The molecule has 8 N–H and O–H groups in total. The number of nitrogens with one attached hydrogen (secondary N) is 2. The van der Waals surface area contributed by atoms with E-state index >= 15 is 4.39 Å². The third kappa shape index (κ3) is 8.44. The largest absolute Gasteiger partial charge is 0.370 e. The molecule has 0 saturated carbocycles. The number of aryl methyl sites for hydroxylation is 1. The van der Waals surface area contributed by atoms with Crippen LogP contribution in [0.1, 0.15) is 63.1 Å². The minimum absolute atomic E-state index is 0.0184. The maximum atomic E-state index is 15.1. The van der Waals surface area contributed by atoms with E-state index in [1.54, 1.807) is 24.4 Å². The molecule has 0 amide bonds. The number of aliphatic imine (C=N–C) groups is 1. The first-order chi connectivity index (χ1) is 21.0. The number of hydrogen-bond acceptors (Lipinski definition) is 6. The van der Waals surface area contributed by atoms with Crippen molar-refractivity contribution in [1.82, 2.24) is 19.9 Å². The lowest BCUT2D eigenvalue weighted by Gasteiger charge is -2.17. The Kier molecular flexibility index (Phi) is 11.1. The topological polar surface area (TPSA) is 177 Å². The van der Waals surface area contributed by atoms with Gasteiger partial charge in [0, 0.05) is 35.7 Å². The minimum Gasteiger partial charge on any atom is -0.370 e. The average molecular weight is 620 g/mol. The van der Waals surface area contributed by atoms with Gasteiger partial charge in [0.1, 0.15) is 5.65 Å². The molecule has 44 heavy (non-hydrogen) atoms. The average Bonchev–Trinajstić information content (AvgIpc) is 3.39. The van der Waals surface area contributed by atoms with Crippen molar-refractivity contribution in [3.05, 3.63) is 81.1 Å². The van der Waals surface area contributed by atoms with Crippen LogP contribution in [0.2, 0.25) is 5.02 Å². The van der Waals surface area contributed by atoms with Crippen molar-refractivity contribution in [1.29, 1.82) is 5.26 Å². The predicted molar refractivity (Wildman–Crippen MR) is 174 cm³/mol. The van der Waals surface area contributed by atoms with E-state index in [0.29, 0.717) is 53.8 Å². The van der Waals surface area contributed by atoms with Crippen LogP contribution in [0.4, 0.5) is 4.39 Å². The molecule has 0 aliphatic heterocycles. The lowest BCUT2D eigenvalue weighted by molar-refractivity contribution is 0.501. The number of fused-ring (bicyclic) bond motifs is 1. The van der Waals surface area contributed by atoms with Crippen molar-refractivity contribution in [2.45, 2.75) is 70.5 Å². The molecule has 0 fully saturated rings. The first-order valence-electron chi connectivity index (χ1n) is 14.7. The molecule has 12 heteroatoms. The Morgan fingerprint density at radius 3 is 2.61 bits per heavy atom. The zero-order valence-corrected chi connectivity index (χ0v) is 25.7. The van der Waals surface area contributed by atoms with Gasteiger partial charge in [-0.3, -0.25) is 9.56 Å². The summed E-state index contributed by atoms with van der Waals surface area (Å²) < 4.78 is 16.6. The van der Waals surface area contributed by atoms with E-state index in [1.807, 2.05) is 38.1 Å². The van der Waals surface area contributed by atoms with Gasteiger partial charge in [-0.25, -0.2) is 9.18 Å². The van der Waals surface area contributed by atoms with Gasteiger partial charge in [-0.1, -0.05) is 23.7 Å². The van der Waals surface area contributed by atoms with Crippen LogP contribution in [0.25, 0.3) is 28.0 Å². The van der Waals surface area contributed by atoms with Gasteiger partial charge in [0.05, 0.1) is 28.5 Å². The first-order valence-corrected chi connectivity index (χ1v) is 15.1. The van der Waals surface area contributed by atoms with Crippen molar-refractivity contribution >= 4 is 28.6 Å². The van der Waals surface area contributed by atoms with E-state index in [9.17, 15) is 4.79 Å². The molecule has 0 unspecified atom stereocenters. The summed E-state index contributed by atoms with van der Waals surface area (Å²) in [4.78, 5) is 24.5. The standard InChI is InChI=1S/C32H39ClFN9O/c1-19(36)5-3-6-21-15-26(29(34)27(33)16-21)28-17-23-18-43(32(44)42-30(23)41-28)25-10-8-22(9-11-25)20(2)39-14-12-24(7-4-13-35)40-31(37)38/h8-11,15-20,24,39H,3-7,12,14,36H2,1-2H3,(H4,37,38,40)(H,41,42,44)/t19-,20-,24-/m0/s1. The normalized spacial score (nSPS) is 13.4. The molecule has 2 aromatic carbocycles. The number of halogens is 2. The van der Waals surface area contributed by atoms with Crippen LogP contribution in [-0.2, 0) is 6.42 Å². The van der Waals surface area contributed by atoms with Crippen LogP contribution in [-0.4, -0.2) is 39.1 Å². The quantitative estimate of drug-likeness (QED) is 0.0991. The molecule has 0 bridgehead atoms. The zero-order valence-electron chi connectivity index (χ0n) is 25.0. The second-order valence-corrected chi connectivity index (χ2v) is 11.6. The Balaban J connectivity index is 1.49. The van der Waals surface area contributed by atoms with Gasteiger partial charge in [-0.05, 0) is 94.0 Å². The summed E-state index contributed by atoms with van der Waals surface area (Å²) in [6.45, 7) is 4.66. The van der Waals surface area contributed by atoms with Crippen LogP contribution < -0.4 is 28.2 Å². The predicted octanol–water partition coefficient (Wildman–Crippen LogP) is 4.83. The number of guanidine groups is 1. The molecule has 0 spiro atoms. The highest BCUT2D eigenvalue weighted by molar-refractivity contribution is 6.31. The zero-order chi connectivity index (χ0) is 31.8. The number of nitriles is 1. The number of rotatable bonds is 14. The van der Waals surface area contributed by atoms with Crippen LogP contribution in [0.3, 0.4) is 0 Å². The Hall–Kier alpha value is -4.24. The molecule has 0 aliphatic carbocycles. The first kappa shape index (κ1) is 32.7. The third-order valence-electron chi connectivity index (χ3n) is 7.53. The summed E-state index contributed by atoms with van der Waals surface area (Å²) in [5, 5.41) is 13.0. The van der Waals surface area contributed by atoms with Gasteiger partial charge in [0.2, 0.25) is 0 Å². The Bertz CT molecular complexity index is 1700. The van der Waals surface area contributed by atoms with E-state index in [2.05, 4.69) is 26.3 Å². The maximum absolute atomic E-state index is 15.1. The summed E-state index contributed by atoms with van der Waals surface area (Å²) in [7, 11) is 0. The van der Waals surface area contributed by atoms with Crippen LogP contribution in [0.5, 0.6) is 0 Å². The second-order valence-electron chi connectivity index (χ2n) is 11.1. The van der Waals surface area contributed by atoms with Crippen molar-refractivity contribution < 1.29 is 4.39 Å². The van der Waals surface area contributed by atoms with Crippen LogP contribution in [0, 0.1) is 17.1 Å². The highest BCUT2D eigenvalue weighted by atomic mass is 35.5. The van der Waals surface area contributed by atoms with E-state index in [1.165, 1.54) is 4.57 Å². The monoisotopic (exact) mass is 619 g/mol. The Labute approximate surface area is 261 Å². The fourth-order valence-electron chi connectivity index (χ4n) is 5.16. The van der Waals surface area contributed by atoms with Gasteiger partial charge in [0.15, 0.2) is 11.8 Å². The van der Waals surface area contributed by atoms with Gasteiger partial charge in [-0.15, -0.1) is 0 Å². The number of nitrogens with zero attached hydrogens (tertiary/aromatic N) is 4. The highest BCUT2D eigenvalue weighted by Gasteiger charge is 2.16. The number of nitrogens with two attached hydrogens (primary N) is 3. The molecule has 4 aromatic rings. The molecule has 2 aromatic heterocycles. The lowest BCUT2D eigenvalue weighted by Crippen LogP contribution is -2.28. The summed E-state index contributed by atoms with van der Waals surface area (Å²) in [6, 6.07) is 14.9. The maximum Gasteiger partial charge on any atom is 0.354 e. The van der Waals surface area contributed by atoms with Gasteiger partial charge in [-0.2, -0.15) is 10.2 Å². The second kappa shape index (κ2) is 15.0. The van der Waals surface area contributed by atoms with E-state index in [4.69, 9.17) is 34.1 Å². The summed E-state index contributed by atoms with van der Waals surface area (Å²) in [6.07, 6.45) is 5.81. The van der Waals surface area contributed by atoms with Gasteiger partial charge < -0.3 is 27.5 Å². The molecule has 2 heterocycles. The molecule has 10 nitrogen and oxygen atoms in total. The smallest absolute Gasteiger partial charge is 0.354 e. The summed E-state index contributed by atoms with van der Waals surface area (Å²) in [5.41, 5.74) is 20.2. The molecule has 0 aliphatic rings. The van der Waals surface area contributed by atoms with Crippen LogP contribution in [0.15, 0.2) is 58.4 Å². The van der Waals surface area contributed by atoms with Gasteiger partial charge in [0.25, 0.3) is 0 Å². The molecule has 232 valence electrons. The molecule has 4 rings (SSSR count). The SMILES string of the molecule is C[C@H](N)CCCc1cc(Cl)c(F)c(-c2cc3cn(-c4ccc([C@H](C)NCC[C@H](CCC#N)N=C(N)N)cc4)c(=O)nc3[nH]2)c1. The molecular formula is C32H39ClFN9O. The number of hydrogen-bond donors (Lipinski definition) is 5. The number of aromatic nitrogens is 3. The molecule has 0 radical (unpaired) electrons. The van der Waals surface area contributed by atoms with E-state index < -0.39 is 11.5 Å². The highest BCUT2D eigenvalue weighted by Crippen LogP contribution is 2.31.